The fourth-order valence-electron chi connectivity index (χ4n) is 4.10. The Balaban J connectivity index is 1.73. The van der Waals surface area contributed by atoms with Crippen molar-refractivity contribution in [2.24, 2.45) is 0 Å². The summed E-state index contributed by atoms with van der Waals surface area (Å²) in [6.45, 7) is 2.88. The molecule has 3 aromatic rings. The summed E-state index contributed by atoms with van der Waals surface area (Å²) in [7, 11) is 5.53. The van der Waals surface area contributed by atoms with Gasteiger partial charge in [0.15, 0.2) is 6.10 Å². The number of rotatable bonds is 9. The highest BCUT2D eigenvalue weighted by Crippen LogP contribution is 2.48. The van der Waals surface area contributed by atoms with Crippen LogP contribution >= 0.6 is 11.8 Å². The van der Waals surface area contributed by atoms with Crippen LogP contribution in [-0.2, 0) is 20.9 Å². The monoisotopic (exact) mass is 520 g/mol. The van der Waals surface area contributed by atoms with E-state index in [9.17, 15) is 9.59 Å². The van der Waals surface area contributed by atoms with E-state index in [2.05, 4.69) is 0 Å². The van der Waals surface area contributed by atoms with Crippen molar-refractivity contribution in [3.05, 3.63) is 83.9 Å². The molecule has 0 spiro atoms. The number of nitrogens with zero attached hydrogens (tertiary/aromatic N) is 2. The van der Waals surface area contributed by atoms with Gasteiger partial charge in [-0.25, -0.2) is 0 Å². The lowest BCUT2D eigenvalue weighted by Crippen LogP contribution is -2.45. The topological polar surface area (TPSA) is 68.3 Å². The number of ether oxygens (including phenoxy) is 3. The van der Waals surface area contributed by atoms with Gasteiger partial charge in [-0.1, -0.05) is 42.5 Å². The Bertz CT molecular complexity index is 1220. The average molecular weight is 521 g/mol. The number of anilines is 1. The number of hydrogen-bond acceptors (Lipinski definition) is 7. The second-order valence-electron chi connectivity index (χ2n) is 9.04. The van der Waals surface area contributed by atoms with Crippen molar-refractivity contribution in [2.45, 2.75) is 29.8 Å². The van der Waals surface area contributed by atoms with Gasteiger partial charge >= 0.3 is 5.97 Å². The summed E-state index contributed by atoms with van der Waals surface area (Å²) in [4.78, 5) is 30.7. The Morgan fingerprint density at radius 3 is 2.35 bits per heavy atom. The van der Waals surface area contributed by atoms with Crippen LogP contribution in [0.25, 0.3) is 0 Å². The first-order valence-corrected chi connectivity index (χ1v) is 13.0. The maximum absolute atomic E-state index is 13.9. The van der Waals surface area contributed by atoms with Gasteiger partial charge in [0.2, 0.25) is 0 Å². The van der Waals surface area contributed by atoms with Crippen molar-refractivity contribution in [3.63, 3.8) is 0 Å². The van der Waals surface area contributed by atoms with Gasteiger partial charge < -0.3 is 24.0 Å². The number of methoxy groups -OCH3 is 1. The third-order valence-electron chi connectivity index (χ3n) is 6.02. The van der Waals surface area contributed by atoms with Gasteiger partial charge in [-0.15, -0.1) is 11.8 Å². The van der Waals surface area contributed by atoms with Crippen LogP contribution in [0, 0.1) is 0 Å². The van der Waals surface area contributed by atoms with Crippen LogP contribution in [0.4, 0.5) is 5.69 Å². The van der Waals surface area contributed by atoms with Crippen molar-refractivity contribution in [1.82, 2.24) is 4.90 Å². The molecule has 4 rings (SSSR count). The predicted molar refractivity (Wildman–Crippen MR) is 145 cm³/mol. The molecule has 0 radical (unpaired) electrons. The minimum absolute atomic E-state index is 0.248. The molecule has 1 heterocycles. The molecule has 37 heavy (non-hydrogen) atoms. The normalized spacial score (nSPS) is 17.2. The van der Waals surface area contributed by atoms with Crippen LogP contribution in [0.5, 0.6) is 11.5 Å². The van der Waals surface area contributed by atoms with E-state index in [0.717, 1.165) is 21.7 Å². The number of amides is 1. The Morgan fingerprint density at radius 1 is 1.00 bits per heavy atom. The molecule has 0 aromatic heterocycles. The van der Waals surface area contributed by atoms with Gasteiger partial charge in [0.05, 0.1) is 18.0 Å². The molecule has 3 aromatic carbocycles. The van der Waals surface area contributed by atoms with Gasteiger partial charge in [0.1, 0.15) is 18.1 Å². The number of carbonyl (C=O) groups excluding carboxylic acids is 2. The van der Waals surface area contributed by atoms with Crippen molar-refractivity contribution >= 4 is 29.3 Å². The summed E-state index contributed by atoms with van der Waals surface area (Å²) in [6, 6.07) is 23.2. The van der Waals surface area contributed by atoms with Gasteiger partial charge in [-0.2, -0.15) is 0 Å². The van der Waals surface area contributed by atoms with Crippen molar-refractivity contribution in [1.29, 1.82) is 0 Å². The number of hydrogen-bond donors (Lipinski definition) is 0. The van der Waals surface area contributed by atoms with Gasteiger partial charge in [-0.05, 0) is 55.6 Å². The molecule has 1 aliphatic rings. The number of benzene rings is 3. The highest BCUT2D eigenvalue weighted by molar-refractivity contribution is 7.99. The predicted octanol–water partition coefficient (Wildman–Crippen LogP) is 4.95. The molecule has 0 fully saturated rings. The lowest BCUT2D eigenvalue weighted by atomic mass is 10.1. The molecule has 2 atom stereocenters. The van der Waals surface area contributed by atoms with Gasteiger partial charge in [-0.3, -0.25) is 9.59 Å². The molecule has 8 heteroatoms. The van der Waals surface area contributed by atoms with Crippen molar-refractivity contribution in [2.75, 3.05) is 39.2 Å². The molecule has 7 nitrogen and oxygen atoms in total. The first-order chi connectivity index (χ1) is 17.9. The zero-order chi connectivity index (χ0) is 26.4. The van der Waals surface area contributed by atoms with E-state index in [-0.39, 0.29) is 5.91 Å². The number of fused-ring (bicyclic) bond motifs is 1. The van der Waals surface area contributed by atoms with Crippen LogP contribution in [0.1, 0.15) is 23.3 Å². The summed E-state index contributed by atoms with van der Waals surface area (Å²) in [5.41, 5.74) is 2.71. The second kappa shape index (κ2) is 12.2. The molecule has 194 valence electrons. The van der Waals surface area contributed by atoms with E-state index in [4.69, 9.17) is 14.2 Å². The maximum Gasteiger partial charge on any atom is 0.303 e. The number of likely N-dealkylation sites (N-methyl/N-ethyl adjacent to an activating group) is 1. The van der Waals surface area contributed by atoms with E-state index >= 15 is 0 Å². The second-order valence-corrected chi connectivity index (χ2v) is 10.2. The fourth-order valence-corrected chi connectivity index (χ4v) is 5.45. The SMILES string of the molecule is COc1ccc([C@H]2Sc3cc(OCc4ccccc4)ccc3N(CCN(C)C)C(=O)[C@H]2OC(C)=O)cc1. The Labute approximate surface area is 222 Å². The van der Waals surface area contributed by atoms with E-state index in [1.54, 1.807) is 12.0 Å². The summed E-state index contributed by atoms with van der Waals surface area (Å²) < 4.78 is 17.1. The Kier molecular flexibility index (Phi) is 8.74. The first kappa shape index (κ1) is 26.6. The van der Waals surface area contributed by atoms with E-state index < -0.39 is 17.3 Å². The summed E-state index contributed by atoms with van der Waals surface area (Å²) in [5.74, 6) is 0.668. The first-order valence-electron chi connectivity index (χ1n) is 12.1. The molecule has 0 aliphatic carbocycles. The van der Waals surface area contributed by atoms with Crippen LogP contribution < -0.4 is 14.4 Å². The largest absolute Gasteiger partial charge is 0.497 e. The third-order valence-corrected chi connectivity index (χ3v) is 7.37. The maximum atomic E-state index is 13.9. The quantitative estimate of drug-likeness (QED) is 0.370. The van der Waals surface area contributed by atoms with Crippen LogP contribution in [0.15, 0.2) is 77.7 Å². The lowest BCUT2D eigenvalue weighted by molar-refractivity contribution is -0.152. The zero-order valence-corrected chi connectivity index (χ0v) is 22.4. The van der Waals surface area contributed by atoms with E-state index in [1.165, 1.54) is 18.7 Å². The highest BCUT2D eigenvalue weighted by Gasteiger charge is 2.41. The third kappa shape index (κ3) is 6.64. The number of thioether (sulfide) groups is 1. The number of esters is 1. The zero-order valence-electron chi connectivity index (χ0n) is 21.5. The van der Waals surface area contributed by atoms with E-state index in [1.807, 2.05) is 91.8 Å². The molecule has 1 amide bonds. The smallest absolute Gasteiger partial charge is 0.303 e. The van der Waals surface area contributed by atoms with Crippen LogP contribution in [0.3, 0.4) is 0 Å². The molecule has 0 bridgehead atoms. The van der Waals surface area contributed by atoms with Crippen molar-refractivity contribution in [3.8, 4) is 11.5 Å². The summed E-state index contributed by atoms with van der Waals surface area (Å²) >= 11 is 1.50. The van der Waals surface area contributed by atoms with Gasteiger partial charge in [0, 0.05) is 24.9 Å². The summed E-state index contributed by atoms with van der Waals surface area (Å²) in [6.07, 6.45) is -0.987. The lowest BCUT2D eigenvalue weighted by Gasteiger charge is -2.28. The fraction of sp³-hybridized carbons (Fsp3) is 0.310. The minimum atomic E-state index is -0.987. The molecule has 0 saturated carbocycles. The standard InChI is InChI=1S/C29H32N2O5S/c1-20(32)36-27-28(22-10-12-23(34-4)13-11-22)37-26-18-24(35-19-21-8-6-5-7-9-21)14-15-25(26)31(29(27)33)17-16-30(2)3/h5-15,18,27-28H,16-17,19H2,1-4H3/t27-,28+/m0/s1. The van der Waals surface area contributed by atoms with Crippen LogP contribution in [-0.4, -0.2) is 57.2 Å². The number of carbonyl (C=O) groups is 2. The van der Waals surface area contributed by atoms with Crippen LogP contribution in [0.2, 0.25) is 0 Å². The molecule has 0 saturated heterocycles. The average Bonchev–Trinajstić information content (AvgIpc) is 3.00. The highest BCUT2D eigenvalue weighted by atomic mass is 32.2. The molecule has 0 N–H and O–H groups in total. The van der Waals surface area contributed by atoms with Gasteiger partial charge in [0.25, 0.3) is 5.91 Å². The molecule has 0 unspecified atom stereocenters. The molecule has 1 aliphatic heterocycles. The molecular weight excluding hydrogens is 488 g/mol. The van der Waals surface area contributed by atoms with E-state index in [0.29, 0.717) is 31.2 Å². The minimum Gasteiger partial charge on any atom is -0.497 e. The molecular formula is C29H32N2O5S. The summed E-state index contributed by atoms with van der Waals surface area (Å²) in [5, 5.41) is -0.449. The Hall–Kier alpha value is -3.49. The van der Waals surface area contributed by atoms with Crippen molar-refractivity contribution < 1.29 is 23.8 Å². The Morgan fingerprint density at radius 2 is 1.70 bits per heavy atom.